The summed E-state index contributed by atoms with van der Waals surface area (Å²) in [7, 11) is 0. The Kier molecular flexibility index (Phi) is 1.72. The molecule has 0 aromatic carbocycles. The first kappa shape index (κ1) is 8.43. The Labute approximate surface area is 89.4 Å². The molecule has 4 nitrogen and oxygen atoms in total. The summed E-state index contributed by atoms with van der Waals surface area (Å²) < 4.78 is 5.10. The van der Waals surface area contributed by atoms with Crippen LogP contribution in [0.5, 0.6) is 0 Å². The third-order valence-corrected chi connectivity index (χ3v) is 2.80. The van der Waals surface area contributed by atoms with Crippen LogP contribution in [0, 0.1) is 0 Å². The van der Waals surface area contributed by atoms with Crippen LogP contribution >= 0.6 is 11.3 Å². The molecule has 0 aliphatic carbocycles. The molecule has 3 rings (SSSR count). The van der Waals surface area contributed by atoms with Crippen molar-refractivity contribution < 1.29 is 4.42 Å². The highest BCUT2D eigenvalue weighted by molar-refractivity contribution is 7.08. The van der Waals surface area contributed by atoms with Crippen molar-refractivity contribution in [3.63, 3.8) is 0 Å². The monoisotopic (exact) mass is 217 g/mol. The minimum absolute atomic E-state index is 0.153. The zero-order valence-corrected chi connectivity index (χ0v) is 8.49. The molecule has 3 aromatic heterocycles. The summed E-state index contributed by atoms with van der Waals surface area (Å²) in [4.78, 5) is 8.19. The molecule has 0 fully saturated rings. The fourth-order valence-corrected chi connectivity index (χ4v) is 2.09. The number of rotatable bonds is 1. The van der Waals surface area contributed by atoms with Crippen molar-refractivity contribution in [2.75, 3.05) is 5.73 Å². The fraction of sp³-hybridized carbons (Fsp3) is 0. The summed E-state index contributed by atoms with van der Waals surface area (Å²) >= 11 is 1.65. The molecule has 0 spiro atoms. The number of thiophene rings is 1. The molecule has 74 valence electrons. The second-order valence-electron chi connectivity index (χ2n) is 3.11. The molecule has 0 saturated carbocycles. The van der Waals surface area contributed by atoms with Crippen LogP contribution in [0.1, 0.15) is 0 Å². The zero-order valence-electron chi connectivity index (χ0n) is 7.68. The van der Waals surface area contributed by atoms with Crippen molar-refractivity contribution in [3.8, 4) is 11.1 Å². The van der Waals surface area contributed by atoms with Gasteiger partial charge in [0.15, 0.2) is 0 Å². The lowest BCUT2D eigenvalue weighted by Gasteiger charge is -1.94. The average molecular weight is 217 g/mol. The van der Waals surface area contributed by atoms with Gasteiger partial charge in [-0.15, -0.1) is 0 Å². The van der Waals surface area contributed by atoms with Crippen LogP contribution in [0.4, 0.5) is 6.01 Å². The van der Waals surface area contributed by atoms with Crippen LogP contribution in [0.2, 0.25) is 0 Å². The van der Waals surface area contributed by atoms with Gasteiger partial charge in [-0.05, 0) is 28.5 Å². The highest BCUT2D eigenvalue weighted by atomic mass is 32.1. The standard InChI is InChI=1S/C10H7N3OS/c11-10-13-8-3-7(4-12-9(8)14-10)6-1-2-15-5-6/h1-5H,(H2,11,13). The maximum Gasteiger partial charge on any atom is 0.294 e. The number of hydrogen-bond acceptors (Lipinski definition) is 5. The predicted octanol–water partition coefficient (Wildman–Crippen LogP) is 2.53. The molecule has 3 aromatic rings. The maximum absolute atomic E-state index is 5.44. The highest BCUT2D eigenvalue weighted by Crippen LogP contribution is 2.24. The molecule has 15 heavy (non-hydrogen) atoms. The predicted molar refractivity (Wildman–Crippen MR) is 59.5 cm³/mol. The Bertz CT molecular complexity index is 600. The Morgan fingerprint density at radius 3 is 3.07 bits per heavy atom. The van der Waals surface area contributed by atoms with Gasteiger partial charge in [0.1, 0.15) is 5.52 Å². The van der Waals surface area contributed by atoms with Crippen LogP contribution < -0.4 is 5.73 Å². The quantitative estimate of drug-likeness (QED) is 0.680. The van der Waals surface area contributed by atoms with Crippen LogP contribution in [0.3, 0.4) is 0 Å². The number of hydrogen-bond donors (Lipinski definition) is 1. The molecule has 5 heteroatoms. The first-order valence-electron chi connectivity index (χ1n) is 4.37. The summed E-state index contributed by atoms with van der Waals surface area (Å²) in [5.41, 5.74) is 8.77. The number of fused-ring (bicyclic) bond motifs is 1. The van der Waals surface area contributed by atoms with Crippen molar-refractivity contribution in [1.82, 2.24) is 9.97 Å². The Balaban J connectivity index is 2.21. The molecule has 0 radical (unpaired) electrons. The molecule has 0 aliphatic rings. The van der Waals surface area contributed by atoms with Crippen molar-refractivity contribution in [2.24, 2.45) is 0 Å². The zero-order chi connectivity index (χ0) is 10.3. The van der Waals surface area contributed by atoms with Crippen molar-refractivity contribution in [2.45, 2.75) is 0 Å². The van der Waals surface area contributed by atoms with E-state index < -0.39 is 0 Å². The summed E-state index contributed by atoms with van der Waals surface area (Å²) in [5, 5.41) is 4.09. The number of oxazole rings is 1. The molecular weight excluding hydrogens is 210 g/mol. The van der Waals surface area contributed by atoms with Crippen molar-refractivity contribution >= 4 is 28.6 Å². The van der Waals surface area contributed by atoms with E-state index in [1.165, 1.54) is 0 Å². The van der Waals surface area contributed by atoms with Gasteiger partial charge in [0.05, 0.1) is 0 Å². The molecule has 2 N–H and O–H groups in total. The van der Waals surface area contributed by atoms with Gasteiger partial charge in [0.25, 0.3) is 6.01 Å². The van der Waals surface area contributed by atoms with Crippen LogP contribution in [-0.2, 0) is 0 Å². The van der Waals surface area contributed by atoms with Gasteiger partial charge >= 0.3 is 0 Å². The van der Waals surface area contributed by atoms with Crippen LogP contribution in [0.25, 0.3) is 22.4 Å². The van der Waals surface area contributed by atoms with E-state index in [0.29, 0.717) is 11.2 Å². The van der Waals surface area contributed by atoms with Gasteiger partial charge in [0, 0.05) is 11.8 Å². The van der Waals surface area contributed by atoms with Gasteiger partial charge in [-0.2, -0.15) is 16.3 Å². The third-order valence-electron chi connectivity index (χ3n) is 2.12. The number of aromatic nitrogens is 2. The van der Waals surface area contributed by atoms with E-state index in [4.69, 9.17) is 10.2 Å². The maximum atomic E-state index is 5.44. The van der Waals surface area contributed by atoms with Crippen molar-refractivity contribution in [1.29, 1.82) is 0 Å². The Morgan fingerprint density at radius 2 is 2.27 bits per heavy atom. The lowest BCUT2D eigenvalue weighted by molar-refractivity contribution is 0.614. The number of nitrogens with two attached hydrogens (primary N) is 1. The molecule has 0 atom stereocenters. The second-order valence-corrected chi connectivity index (χ2v) is 3.89. The van der Waals surface area contributed by atoms with Crippen molar-refractivity contribution in [3.05, 3.63) is 29.1 Å². The lowest BCUT2D eigenvalue weighted by atomic mass is 10.1. The van der Waals surface area contributed by atoms with E-state index in [9.17, 15) is 0 Å². The molecular formula is C10H7N3OS. The summed E-state index contributed by atoms with van der Waals surface area (Å²) in [5.74, 6) is 0. The van der Waals surface area contributed by atoms with Crippen LogP contribution in [-0.4, -0.2) is 9.97 Å². The van der Waals surface area contributed by atoms with E-state index in [-0.39, 0.29) is 6.01 Å². The lowest BCUT2D eigenvalue weighted by Crippen LogP contribution is -1.81. The Hall–Kier alpha value is -1.88. The van der Waals surface area contributed by atoms with E-state index in [1.807, 2.05) is 17.5 Å². The smallest absolute Gasteiger partial charge is 0.294 e. The van der Waals surface area contributed by atoms with E-state index in [1.54, 1.807) is 17.5 Å². The van der Waals surface area contributed by atoms with E-state index >= 15 is 0 Å². The Morgan fingerprint density at radius 1 is 1.33 bits per heavy atom. The normalized spacial score (nSPS) is 10.9. The topological polar surface area (TPSA) is 64.9 Å². The molecule has 0 unspecified atom stereocenters. The first-order chi connectivity index (χ1) is 7.33. The van der Waals surface area contributed by atoms with Crippen LogP contribution in [0.15, 0.2) is 33.5 Å². The minimum atomic E-state index is 0.153. The van der Waals surface area contributed by atoms with E-state index in [0.717, 1.165) is 11.1 Å². The number of nitrogens with zero attached hydrogens (tertiary/aromatic N) is 2. The van der Waals surface area contributed by atoms with Gasteiger partial charge in [-0.3, -0.25) is 0 Å². The molecule has 3 heterocycles. The van der Waals surface area contributed by atoms with Gasteiger partial charge in [-0.25, -0.2) is 4.98 Å². The fourth-order valence-electron chi connectivity index (χ4n) is 1.43. The van der Waals surface area contributed by atoms with E-state index in [2.05, 4.69) is 15.3 Å². The summed E-state index contributed by atoms with van der Waals surface area (Å²) in [6.07, 6.45) is 1.76. The number of anilines is 1. The molecule has 0 amide bonds. The largest absolute Gasteiger partial charge is 0.405 e. The molecule has 0 saturated heterocycles. The van der Waals surface area contributed by atoms with Gasteiger partial charge < -0.3 is 10.2 Å². The van der Waals surface area contributed by atoms with Gasteiger partial charge in [0.2, 0.25) is 5.71 Å². The molecule has 0 bridgehead atoms. The number of nitrogen functional groups attached to an aromatic ring is 1. The first-order valence-corrected chi connectivity index (χ1v) is 5.32. The summed E-state index contributed by atoms with van der Waals surface area (Å²) in [6.45, 7) is 0. The second kappa shape index (κ2) is 3.06. The third kappa shape index (κ3) is 1.37. The number of pyridine rings is 1. The minimum Gasteiger partial charge on any atom is -0.405 e. The highest BCUT2D eigenvalue weighted by Gasteiger charge is 2.06. The van der Waals surface area contributed by atoms with Gasteiger partial charge in [-0.1, -0.05) is 0 Å². The summed E-state index contributed by atoms with van der Waals surface area (Å²) in [6, 6.07) is 4.11. The molecule has 0 aliphatic heterocycles. The average Bonchev–Trinajstić information content (AvgIpc) is 2.82. The SMILES string of the molecule is Nc1nc2cc(-c3ccsc3)cnc2o1.